The van der Waals surface area contributed by atoms with Gasteiger partial charge in [-0.2, -0.15) is 0 Å². The first-order chi connectivity index (χ1) is 5.77. The number of hydrogen-bond donors (Lipinski definition) is 0. The maximum Gasteiger partial charge on any atom is 0.222 e. The molecule has 0 spiro atoms. The molecule has 0 aromatic carbocycles. The van der Waals surface area contributed by atoms with Crippen LogP contribution in [-0.4, -0.2) is 15.0 Å². The van der Waals surface area contributed by atoms with Crippen LogP contribution in [0.2, 0.25) is 5.28 Å². The molecule has 0 bridgehead atoms. The number of aromatic nitrogens is 3. The third-order valence-corrected chi connectivity index (χ3v) is 1.83. The van der Waals surface area contributed by atoms with Crippen molar-refractivity contribution in [3.05, 3.63) is 29.4 Å². The van der Waals surface area contributed by atoms with E-state index in [-0.39, 0.29) is 5.28 Å². The van der Waals surface area contributed by atoms with Crippen molar-refractivity contribution in [2.45, 2.75) is 6.92 Å². The van der Waals surface area contributed by atoms with E-state index < -0.39 is 0 Å². The van der Waals surface area contributed by atoms with Gasteiger partial charge in [-0.05, 0) is 24.1 Å². The van der Waals surface area contributed by atoms with Crippen molar-refractivity contribution in [1.82, 2.24) is 15.0 Å². The van der Waals surface area contributed by atoms with Crippen molar-refractivity contribution in [3.8, 4) is 0 Å². The first-order valence-electron chi connectivity index (χ1n) is 3.50. The largest absolute Gasteiger partial charge is 0.264 e. The van der Waals surface area contributed by atoms with Gasteiger partial charge in [-0.3, -0.25) is 4.98 Å². The Kier molecular flexibility index (Phi) is 1.66. The molecule has 2 rings (SSSR count). The number of fused-ring (bicyclic) bond motifs is 1. The van der Waals surface area contributed by atoms with Gasteiger partial charge in [0.1, 0.15) is 0 Å². The summed E-state index contributed by atoms with van der Waals surface area (Å²) in [6, 6.07) is 0. The molecule has 0 atom stereocenters. The highest BCUT2D eigenvalue weighted by atomic mass is 35.5. The quantitative estimate of drug-likeness (QED) is 0.581. The van der Waals surface area contributed by atoms with Crippen molar-refractivity contribution in [2.24, 2.45) is 0 Å². The molecule has 2 aromatic heterocycles. The zero-order valence-corrected chi connectivity index (χ0v) is 7.21. The lowest BCUT2D eigenvalue weighted by atomic mass is 10.2. The van der Waals surface area contributed by atoms with Gasteiger partial charge in [0.05, 0.1) is 5.52 Å². The van der Waals surface area contributed by atoms with E-state index >= 15 is 0 Å². The molecule has 0 N–H and O–H groups in total. The summed E-state index contributed by atoms with van der Waals surface area (Å²) in [4.78, 5) is 12.0. The number of aryl methyl sites for hydroxylation is 1. The van der Waals surface area contributed by atoms with E-state index in [0.717, 1.165) is 16.5 Å². The van der Waals surface area contributed by atoms with Crippen molar-refractivity contribution < 1.29 is 0 Å². The van der Waals surface area contributed by atoms with E-state index in [1.165, 1.54) is 0 Å². The fraction of sp³-hybridized carbons (Fsp3) is 0.125. The lowest BCUT2D eigenvalue weighted by molar-refractivity contribution is 1.19. The third-order valence-electron chi connectivity index (χ3n) is 1.64. The Balaban J connectivity index is 2.88. The van der Waals surface area contributed by atoms with Crippen LogP contribution < -0.4 is 0 Å². The number of pyridine rings is 1. The smallest absolute Gasteiger partial charge is 0.222 e. The van der Waals surface area contributed by atoms with Crippen molar-refractivity contribution in [1.29, 1.82) is 0 Å². The molecule has 0 fully saturated rings. The molecule has 0 aliphatic heterocycles. The molecule has 0 amide bonds. The summed E-state index contributed by atoms with van der Waals surface area (Å²) in [5.74, 6) is 0. The average molecular weight is 180 g/mol. The fourth-order valence-corrected chi connectivity index (χ4v) is 1.20. The Bertz CT molecular complexity index is 428. The first-order valence-corrected chi connectivity index (χ1v) is 3.88. The van der Waals surface area contributed by atoms with E-state index in [0.29, 0.717) is 0 Å². The minimum absolute atomic E-state index is 0.275. The van der Waals surface area contributed by atoms with Gasteiger partial charge in [-0.25, -0.2) is 9.97 Å². The molecule has 0 unspecified atom stereocenters. The highest BCUT2D eigenvalue weighted by molar-refractivity contribution is 6.28. The summed E-state index contributed by atoms with van der Waals surface area (Å²) in [6.07, 6.45) is 5.15. The fourth-order valence-electron chi connectivity index (χ4n) is 1.07. The van der Waals surface area contributed by atoms with Crippen molar-refractivity contribution in [3.63, 3.8) is 0 Å². The number of nitrogens with zero attached hydrogens (tertiary/aromatic N) is 3. The van der Waals surface area contributed by atoms with Crippen molar-refractivity contribution >= 4 is 22.5 Å². The molecule has 0 radical (unpaired) electrons. The normalized spacial score (nSPS) is 10.5. The van der Waals surface area contributed by atoms with E-state index in [2.05, 4.69) is 15.0 Å². The Hall–Kier alpha value is -1.22. The molecule has 0 aliphatic rings. The van der Waals surface area contributed by atoms with Gasteiger partial charge in [-0.1, -0.05) is 0 Å². The lowest BCUT2D eigenvalue weighted by Gasteiger charge is -1.98. The van der Waals surface area contributed by atoms with Gasteiger partial charge in [0.2, 0.25) is 5.28 Å². The molecule has 3 nitrogen and oxygen atoms in total. The van der Waals surface area contributed by atoms with Gasteiger partial charge in [0.15, 0.2) is 0 Å². The average Bonchev–Trinajstić information content (AvgIpc) is 2.07. The molecule has 12 heavy (non-hydrogen) atoms. The van der Waals surface area contributed by atoms with E-state index in [4.69, 9.17) is 11.6 Å². The monoisotopic (exact) mass is 179 g/mol. The van der Waals surface area contributed by atoms with Crippen LogP contribution in [0.4, 0.5) is 0 Å². The molecular formula is C8H6ClN3. The summed E-state index contributed by atoms with van der Waals surface area (Å²) in [6.45, 7) is 1.94. The van der Waals surface area contributed by atoms with Gasteiger partial charge in [0, 0.05) is 24.0 Å². The Morgan fingerprint density at radius 3 is 2.92 bits per heavy atom. The molecule has 0 aliphatic carbocycles. The highest BCUT2D eigenvalue weighted by Gasteiger charge is 1.99. The second kappa shape index (κ2) is 2.68. The van der Waals surface area contributed by atoms with Gasteiger partial charge >= 0.3 is 0 Å². The van der Waals surface area contributed by atoms with Crippen LogP contribution in [0, 0.1) is 6.92 Å². The van der Waals surface area contributed by atoms with Crippen LogP contribution in [0.25, 0.3) is 10.9 Å². The summed E-state index contributed by atoms with van der Waals surface area (Å²) in [7, 11) is 0. The standard InChI is InChI=1S/C8H6ClN3/c1-5-2-10-3-6-4-11-8(9)12-7(5)6/h2-4H,1H3. The minimum atomic E-state index is 0.275. The number of rotatable bonds is 0. The molecular weight excluding hydrogens is 174 g/mol. The zero-order valence-electron chi connectivity index (χ0n) is 6.45. The van der Waals surface area contributed by atoms with Gasteiger partial charge < -0.3 is 0 Å². The Morgan fingerprint density at radius 1 is 1.25 bits per heavy atom. The predicted octanol–water partition coefficient (Wildman–Crippen LogP) is 1.99. The molecule has 0 saturated carbocycles. The first kappa shape index (κ1) is 7.43. The molecule has 4 heteroatoms. The van der Waals surface area contributed by atoms with E-state index in [1.807, 2.05) is 6.92 Å². The second-order valence-electron chi connectivity index (χ2n) is 2.53. The Morgan fingerprint density at radius 2 is 2.08 bits per heavy atom. The van der Waals surface area contributed by atoms with Crippen LogP contribution in [0.15, 0.2) is 18.6 Å². The predicted molar refractivity (Wildman–Crippen MR) is 47.1 cm³/mol. The van der Waals surface area contributed by atoms with Crippen molar-refractivity contribution in [2.75, 3.05) is 0 Å². The van der Waals surface area contributed by atoms with Crippen LogP contribution in [0.5, 0.6) is 0 Å². The maximum absolute atomic E-state index is 5.65. The third kappa shape index (κ3) is 1.12. The SMILES string of the molecule is Cc1cncc2cnc(Cl)nc12. The van der Waals surface area contributed by atoms with Crippen LogP contribution in [-0.2, 0) is 0 Å². The number of halogens is 1. The second-order valence-corrected chi connectivity index (χ2v) is 2.87. The zero-order chi connectivity index (χ0) is 8.55. The highest BCUT2D eigenvalue weighted by Crippen LogP contribution is 2.14. The van der Waals surface area contributed by atoms with Crippen LogP contribution in [0.3, 0.4) is 0 Å². The van der Waals surface area contributed by atoms with E-state index in [9.17, 15) is 0 Å². The van der Waals surface area contributed by atoms with Crippen LogP contribution in [0.1, 0.15) is 5.56 Å². The molecule has 60 valence electrons. The topological polar surface area (TPSA) is 38.7 Å². The Labute approximate surface area is 74.4 Å². The summed E-state index contributed by atoms with van der Waals surface area (Å²) >= 11 is 5.65. The van der Waals surface area contributed by atoms with Gasteiger partial charge in [-0.15, -0.1) is 0 Å². The summed E-state index contributed by atoms with van der Waals surface area (Å²) in [5, 5.41) is 1.19. The summed E-state index contributed by atoms with van der Waals surface area (Å²) < 4.78 is 0. The lowest BCUT2D eigenvalue weighted by Crippen LogP contribution is -1.87. The molecule has 2 aromatic rings. The minimum Gasteiger partial charge on any atom is -0.264 e. The maximum atomic E-state index is 5.65. The summed E-state index contributed by atoms with van der Waals surface area (Å²) in [5.41, 5.74) is 1.88. The molecule has 2 heterocycles. The van der Waals surface area contributed by atoms with E-state index in [1.54, 1.807) is 18.6 Å². The van der Waals surface area contributed by atoms with Crippen LogP contribution >= 0.6 is 11.6 Å². The molecule has 0 saturated heterocycles. The van der Waals surface area contributed by atoms with Gasteiger partial charge in [0.25, 0.3) is 0 Å². The number of hydrogen-bond acceptors (Lipinski definition) is 3.